The molecular formula is C39H22F4N4. The third-order valence-corrected chi connectivity index (χ3v) is 8.18. The van der Waals surface area contributed by atoms with Crippen LogP contribution >= 0.6 is 0 Å². The van der Waals surface area contributed by atoms with Crippen LogP contribution in [0.2, 0.25) is 0 Å². The number of nitrogens with zero attached hydrogens (tertiary/aromatic N) is 4. The van der Waals surface area contributed by atoms with E-state index in [4.69, 9.17) is 0 Å². The Morgan fingerprint density at radius 2 is 0.766 bits per heavy atom. The molecule has 0 atom stereocenters. The Bertz CT molecular complexity index is 2300. The highest BCUT2D eigenvalue weighted by molar-refractivity contribution is 6.09. The highest BCUT2D eigenvalue weighted by Crippen LogP contribution is 2.38. The standard InChI is InChI=1S/C39H22F4N4/c40-33-31(23-19-21-26(22-20-23)47-29-17-9-7-15-27(29)28-16-8-10-18-30(28)47)34(41)36(43)32(35(33)42)39-45-37(24-11-3-1-4-12-24)44-38(46-39)25-13-5-2-6-14-25/h1-22H. The molecule has 8 heteroatoms. The normalized spacial score (nSPS) is 11.4. The Morgan fingerprint density at radius 1 is 0.362 bits per heavy atom. The Kier molecular flexibility index (Phi) is 6.83. The van der Waals surface area contributed by atoms with Gasteiger partial charge in [0.2, 0.25) is 0 Å². The molecule has 0 N–H and O–H groups in total. The first-order chi connectivity index (χ1) is 23.0. The number of hydrogen-bond donors (Lipinski definition) is 0. The van der Waals surface area contributed by atoms with Gasteiger partial charge in [0.05, 0.1) is 22.2 Å². The molecule has 4 nitrogen and oxygen atoms in total. The predicted molar refractivity (Wildman–Crippen MR) is 176 cm³/mol. The Balaban J connectivity index is 1.26. The zero-order chi connectivity index (χ0) is 32.1. The average Bonchev–Trinajstić information content (AvgIpc) is 3.46. The van der Waals surface area contributed by atoms with E-state index in [2.05, 4.69) is 15.0 Å². The maximum Gasteiger partial charge on any atom is 0.173 e. The molecule has 0 amide bonds. The van der Waals surface area contributed by atoms with Gasteiger partial charge in [-0.05, 0) is 29.8 Å². The maximum absolute atomic E-state index is 15.9. The van der Waals surface area contributed by atoms with E-state index in [0.717, 1.165) is 27.5 Å². The van der Waals surface area contributed by atoms with Gasteiger partial charge in [-0.1, -0.05) is 109 Å². The Hall–Kier alpha value is -6.15. The van der Waals surface area contributed by atoms with Crippen LogP contribution in [0.3, 0.4) is 0 Å². The minimum Gasteiger partial charge on any atom is -0.309 e. The van der Waals surface area contributed by atoms with Crippen LogP contribution in [0.4, 0.5) is 17.6 Å². The number of benzene rings is 6. The molecule has 0 aliphatic rings. The van der Waals surface area contributed by atoms with Crippen molar-refractivity contribution in [3.63, 3.8) is 0 Å². The summed E-state index contributed by atoms with van der Waals surface area (Å²) < 4.78 is 65.6. The monoisotopic (exact) mass is 622 g/mol. The van der Waals surface area contributed by atoms with Gasteiger partial charge in [-0.15, -0.1) is 0 Å². The molecule has 8 aromatic rings. The van der Waals surface area contributed by atoms with Gasteiger partial charge in [-0.2, -0.15) is 0 Å². The van der Waals surface area contributed by atoms with E-state index < -0.39 is 40.2 Å². The van der Waals surface area contributed by atoms with Crippen LogP contribution in [0, 0.1) is 23.3 Å². The average molecular weight is 623 g/mol. The van der Waals surface area contributed by atoms with Gasteiger partial charge in [0.1, 0.15) is 0 Å². The van der Waals surface area contributed by atoms with Crippen LogP contribution in [-0.4, -0.2) is 19.5 Å². The molecule has 0 radical (unpaired) electrons. The van der Waals surface area contributed by atoms with E-state index in [1.54, 1.807) is 72.8 Å². The van der Waals surface area contributed by atoms with E-state index in [0.29, 0.717) is 11.1 Å². The zero-order valence-corrected chi connectivity index (χ0v) is 24.5. The number of fused-ring (bicyclic) bond motifs is 3. The van der Waals surface area contributed by atoms with Crippen molar-refractivity contribution in [2.45, 2.75) is 0 Å². The van der Waals surface area contributed by atoms with Crippen LogP contribution in [0.25, 0.3) is 72.8 Å². The summed E-state index contributed by atoms with van der Waals surface area (Å²) in [7, 11) is 0. The fraction of sp³-hybridized carbons (Fsp3) is 0. The summed E-state index contributed by atoms with van der Waals surface area (Å²) in [6.45, 7) is 0. The quantitative estimate of drug-likeness (QED) is 0.142. The van der Waals surface area contributed by atoms with Crippen molar-refractivity contribution >= 4 is 21.8 Å². The first kappa shape index (κ1) is 28.3. The van der Waals surface area contributed by atoms with E-state index >= 15 is 17.6 Å². The molecule has 8 rings (SSSR count). The predicted octanol–water partition coefficient (Wildman–Crippen LogP) is 10.2. The second-order valence-electron chi connectivity index (χ2n) is 11.0. The fourth-order valence-electron chi connectivity index (χ4n) is 5.98. The minimum atomic E-state index is -1.60. The molecule has 0 bridgehead atoms. The highest BCUT2D eigenvalue weighted by atomic mass is 19.2. The second kappa shape index (κ2) is 11.3. The van der Waals surface area contributed by atoms with Crippen LogP contribution < -0.4 is 0 Å². The lowest BCUT2D eigenvalue weighted by atomic mass is 10.00. The van der Waals surface area contributed by atoms with Crippen molar-refractivity contribution in [2.24, 2.45) is 0 Å². The molecule has 0 saturated heterocycles. The van der Waals surface area contributed by atoms with Crippen molar-refractivity contribution in [1.29, 1.82) is 0 Å². The van der Waals surface area contributed by atoms with Gasteiger partial charge in [0.15, 0.2) is 40.7 Å². The van der Waals surface area contributed by atoms with Gasteiger partial charge in [0, 0.05) is 27.6 Å². The Morgan fingerprint density at radius 3 is 1.26 bits per heavy atom. The minimum absolute atomic E-state index is 0.0283. The van der Waals surface area contributed by atoms with Crippen molar-refractivity contribution in [3.05, 3.63) is 157 Å². The smallest absolute Gasteiger partial charge is 0.173 e. The largest absolute Gasteiger partial charge is 0.309 e. The lowest BCUT2D eigenvalue weighted by molar-refractivity contribution is 0.462. The number of hydrogen-bond acceptors (Lipinski definition) is 3. The molecule has 0 fully saturated rings. The van der Waals surface area contributed by atoms with Gasteiger partial charge in [0.25, 0.3) is 0 Å². The van der Waals surface area contributed by atoms with Crippen molar-refractivity contribution in [1.82, 2.24) is 19.5 Å². The molecule has 0 spiro atoms. The van der Waals surface area contributed by atoms with Gasteiger partial charge >= 0.3 is 0 Å². The molecule has 47 heavy (non-hydrogen) atoms. The zero-order valence-electron chi connectivity index (χ0n) is 24.5. The van der Waals surface area contributed by atoms with Crippen molar-refractivity contribution in [3.8, 4) is 51.0 Å². The number of halogens is 4. The lowest BCUT2D eigenvalue weighted by Crippen LogP contribution is -2.07. The third kappa shape index (κ3) is 4.73. The molecule has 0 unspecified atom stereocenters. The van der Waals surface area contributed by atoms with E-state index in [-0.39, 0.29) is 17.2 Å². The maximum atomic E-state index is 15.9. The molecule has 0 aliphatic carbocycles. The summed E-state index contributed by atoms with van der Waals surface area (Å²) in [5, 5.41) is 2.10. The van der Waals surface area contributed by atoms with Crippen molar-refractivity contribution < 1.29 is 17.6 Å². The van der Waals surface area contributed by atoms with Gasteiger partial charge in [-0.3, -0.25) is 0 Å². The summed E-state index contributed by atoms with van der Waals surface area (Å²) in [5.41, 5.74) is 1.83. The second-order valence-corrected chi connectivity index (χ2v) is 11.0. The molecule has 6 aromatic carbocycles. The summed E-state index contributed by atoms with van der Waals surface area (Å²) in [6, 6.07) is 39.5. The molecular weight excluding hydrogens is 600 g/mol. The lowest BCUT2D eigenvalue weighted by Gasteiger charge is -2.14. The van der Waals surface area contributed by atoms with Gasteiger partial charge < -0.3 is 4.57 Å². The molecule has 2 aromatic heterocycles. The van der Waals surface area contributed by atoms with Crippen LogP contribution in [0.5, 0.6) is 0 Å². The molecule has 2 heterocycles. The first-order valence-electron chi connectivity index (χ1n) is 14.8. The SMILES string of the molecule is Fc1c(F)c(-c2nc(-c3ccccc3)nc(-c3ccccc3)n2)c(F)c(F)c1-c1ccc(-n2c3ccccc3c3ccccc32)cc1. The third-order valence-electron chi connectivity index (χ3n) is 8.18. The van der Waals surface area contributed by atoms with Crippen LogP contribution in [-0.2, 0) is 0 Å². The summed E-state index contributed by atoms with van der Waals surface area (Å²) in [6.07, 6.45) is 0. The van der Waals surface area contributed by atoms with Crippen molar-refractivity contribution in [2.75, 3.05) is 0 Å². The van der Waals surface area contributed by atoms with Crippen LogP contribution in [0.15, 0.2) is 133 Å². The summed E-state index contributed by atoms with van der Waals surface area (Å²) in [4.78, 5) is 13.0. The highest BCUT2D eigenvalue weighted by Gasteiger charge is 2.29. The van der Waals surface area contributed by atoms with E-state index in [1.165, 1.54) is 12.1 Å². The van der Waals surface area contributed by atoms with E-state index in [1.807, 2.05) is 53.1 Å². The fourth-order valence-corrected chi connectivity index (χ4v) is 5.98. The summed E-state index contributed by atoms with van der Waals surface area (Å²) >= 11 is 0. The Labute approximate surface area is 266 Å². The van der Waals surface area contributed by atoms with Gasteiger partial charge in [-0.25, -0.2) is 32.5 Å². The topological polar surface area (TPSA) is 43.6 Å². The van der Waals surface area contributed by atoms with E-state index in [9.17, 15) is 0 Å². The molecule has 226 valence electrons. The van der Waals surface area contributed by atoms with Crippen LogP contribution in [0.1, 0.15) is 0 Å². The molecule has 0 aliphatic heterocycles. The first-order valence-corrected chi connectivity index (χ1v) is 14.8. The number of rotatable bonds is 5. The number of aromatic nitrogens is 4. The molecule has 0 saturated carbocycles. The number of para-hydroxylation sites is 2. The summed E-state index contributed by atoms with van der Waals surface area (Å²) in [5.74, 6) is -6.64.